The third kappa shape index (κ3) is 2.89. The lowest BCUT2D eigenvalue weighted by Gasteiger charge is -2.17. The number of carbonyl (C=O) groups is 6. The predicted octanol–water partition coefficient (Wildman–Crippen LogP) is 3.23. The van der Waals surface area contributed by atoms with Gasteiger partial charge in [0, 0.05) is 8.95 Å². The molecule has 0 bridgehead atoms. The average Bonchev–Trinajstić information content (AvgIpc) is 3.06. The van der Waals surface area contributed by atoms with Gasteiger partial charge >= 0.3 is 24.0 Å². The van der Waals surface area contributed by atoms with Crippen LogP contribution in [0.2, 0.25) is 0 Å². The Hall–Kier alpha value is -3.18. The first-order valence-electron chi connectivity index (χ1n) is 7.83. The first-order valence-corrected chi connectivity index (χ1v) is 9.41. The second-order valence-corrected chi connectivity index (χ2v) is 7.73. The highest BCUT2D eigenvalue weighted by molar-refractivity contribution is 9.10. The molecule has 4 rings (SSSR count). The van der Waals surface area contributed by atoms with Gasteiger partial charge in [-0.3, -0.25) is 19.2 Å². The molecule has 29 heavy (non-hydrogen) atoms. The maximum Gasteiger partial charge on any atom is 0.430 e. The molecule has 0 N–H and O–H groups in total. The molecule has 2 aliphatic heterocycles. The van der Waals surface area contributed by atoms with Crippen LogP contribution < -0.4 is 9.80 Å². The molecule has 0 fully saturated rings. The number of imide groups is 2. The minimum Gasteiger partial charge on any atom is -0.358 e. The van der Waals surface area contributed by atoms with Crippen LogP contribution in [0.25, 0.3) is 0 Å². The Kier molecular flexibility index (Phi) is 4.43. The molecule has 9 nitrogen and oxygen atoms in total. The van der Waals surface area contributed by atoms with Gasteiger partial charge in [-0.05, 0) is 36.4 Å². The Morgan fingerprint density at radius 2 is 1.07 bits per heavy atom. The zero-order valence-corrected chi connectivity index (χ0v) is 17.1. The number of hydrogen-bond donors (Lipinski definition) is 0. The van der Waals surface area contributed by atoms with Gasteiger partial charge in [0.15, 0.2) is 0 Å². The highest BCUT2D eigenvalue weighted by Crippen LogP contribution is 2.34. The fourth-order valence-corrected chi connectivity index (χ4v) is 3.67. The molecule has 2 aromatic rings. The fourth-order valence-electron chi connectivity index (χ4n) is 2.95. The molecule has 0 saturated carbocycles. The molecule has 0 radical (unpaired) electrons. The van der Waals surface area contributed by atoms with Crippen LogP contribution in [0.4, 0.5) is 21.0 Å². The first-order chi connectivity index (χ1) is 13.7. The van der Waals surface area contributed by atoms with Crippen LogP contribution in [-0.4, -0.2) is 35.6 Å². The van der Waals surface area contributed by atoms with E-state index >= 15 is 0 Å². The average molecular weight is 522 g/mol. The number of anilines is 2. The lowest BCUT2D eigenvalue weighted by Crippen LogP contribution is -2.42. The van der Waals surface area contributed by atoms with Gasteiger partial charge in [0.25, 0.3) is 11.6 Å². The fraction of sp³-hybridized carbons (Fsp3) is 0. The number of benzene rings is 2. The van der Waals surface area contributed by atoms with Crippen molar-refractivity contribution >= 4 is 78.8 Å². The molecule has 2 aromatic carbocycles. The van der Waals surface area contributed by atoms with E-state index in [4.69, 9.17) is 0 Å². The van der Waals surface area contributed by atoms with Crippen molar-refractivity contribution in [3.05, 3.63) is 56.5 Å². The summed E-state index contributed by atoms with van der Waals surface area (Å²) in [4.78, 5) is 74.2. The molecule has 2 heterocycles. The van der Waals surface area contributed by atoms with E-state index in [9.17, 15) is 28.8 Å². The van der Waals surface area contributed by atoms with Crippen LogP contribution in [0.5, 0.6) is 0 Å². The Labute approximate surface area is 178 Å². The van der Waals surface area contributed by atoms with Crippen molar-refractivity contribution in [2.24, 2.45) is 0 Å². The second kappa shape index (κ2) is 6.71. The Morgan fingerprint density at radius 1 is 0.690 bits per heavy atom. The lowest BCUT2D eigenvalue weighted by atomic mass is 10.1. The molecule has 0 spiro atoms. The smallest absolute Gasteiger partial charge is 0.358 e. The summed E-state index contributed by atoms with van der Waals surface area (Å²) in [7, 11) is 0. The van der Waals surface area contributed by atoms with E-state index in [1.54, 1.807) is 0 Å². The van der Waals surface area contributed by atoms with E-state index in [-0.39, 0.29) is 22.5 Å². The number of hydrogen-bond acceptors (Lipinski definition) is 7. The number of halogens is 2. The van der Waals surface area contributed by atoms with Crippen molar-refractivity contribution in [1.82, 2.24) is 0 Å². The van der Waals surface area contributed by atoms with Crippen molar-refractivity contribution in [3.63, 3.8) is 0 Å². The first kappa shape index (κ1) is 19.2. The van der Waals surface area contributed by atoms with Gasteiger partial charge in [-0.1, -0.05) is 31.9 Å². The molecular weight excluding hydrogens is 516 g/mol. The van der Waals surface area contributed by atoms with Crippen LogP contribution in [0.1, 0.15) is 20.7 Å². The summed E-state index contributed by atoms with van der Waals surface area (Å²) < 4.78 is 5.65. The summed E-state index contributed by atoms with van der Waals surface area (Å²) in [5.74, 6) is -4.31. The topological polar surface area (TPSA) is 118 Å². The molecule has 0 aliphatic carbocycles. The SMILES string of the molecule is O=C1C(=O)N(C(=O)OC(=O)N2C(=O)C(=O)c3cc(Br)ccc32)c2ccc(Br)cc21. The number of ether oxygens (including phenoxy) is 1. The lowest BCUT2D eigenvalue weighted by molar-refractivity contribution is -0.114. The highest BCUT2D eigenvalue weighted by atomic mass is 79.9. The van der Waals surface area contributed by atoms with E-state index in [2.05, 4.69) is 36.6 Å². The monoisotopic (exact) mass is 520 g/mol. The van der Waals surface area contributed by atoms with Gasteiger partial charge in [-0.25, -0.2) is 19.4 Å². The van der Waals surface area contributed by atoms with Crippen LogP contribution in [0.3, 0.4) is 0 Å². The third-order valence-corrected chi connectivity index (χ3v) is 5.21. The van der Waals surface area contributed by atoms with Gasteiger partial charge < -0.3 is 4.74 Å². The molecule has 4 amide bonds. The van der Waals surface area contributed by atoms with Gasteiger partial charge in [-0.2, -0.15) is 0 Å². The van der Waals surface area contributed by atoms with E-state index in [0.29, 0.717) is 18.7 Å². The molecule has 2 aliphatic rings. The molecule has 0 unspecified atom stereocenters. The van der Waals surface area contributed by atoms with E-state index in [1.165, 1.54) is 36.4 Å². The molecule has 0 aromatic heterocycles. The molecular formula is C18H6Br2N2O7. The Bertz CT molecular complexity index is 1100. The molecule has 0 saturated heterocycles. The largest absolute Gasteiger partial charge is 0.430 e. The van der Waals surface area contributed by atoms with Crippen molar-refractivity contribution in [3.8, 4) is 0 Å². The maximum atomic E-state index is 12.4. The molecule has 11 heteroatoms. The summed E-state index contributed by atoms with van der Waals surface area (Å²) in [6.07, 6.45) is -2.94. The Morgan fingerprint density at radius 3 is 1.45 bits per heavy atom. The zero-order chi connectivity index (χ0) is 21.0. The van der Waals surface area contributed by atoms with Crippen molar-refractivity contribution < 1.29 is 33.5 Å². The number of carbonyl (C=O) groups excluding carboxylic acids is 6. The van der Waals surface area contributed by atoms with E-state index < -0.39 is 35.6 Å². The summed E-state index contributed by atoms with van der Waals surface area (Å²) in [5.41, 5.74) is -0.212. The minimum absolute atomic E-state index is 0.0450. The number of amides is 4. The minimum atomic E-state index is -1.47. The summed E-state index contributed by atoms with van der Waals surface area (Å²) in [5, 5.41) is 0. The zero-order valence-electron chi connectivity index (χ0n) is 14.0. The Balaban J connectivity index is 1.63. The number of Topliss-reactive ketones (excluding diaryl/α,β-unsaturated/α-hetero) is 2. The predicted molar refractivity (Wildman–Crippen MR) is 104 cm³/mol. The van der Waals surface area contributed by atoms with E-state index in [1.807, 2.05) is 0 Å². The highest BCUT2D eigenvalue weighted by Gasteiger charge is 2.45. The number of nitrogens with zero attached hydrogens (tertiary/aromatic N) is 2. The summed E-state index contributed by atoms with van der Waals surface area (Å²) in [6.45, 7) is 0. The van der Waals surface area contributed by atoms with Crippen LogP contribution >= 0.6 is 31.9 Å². The maximum absolute atomic E-state index is 12.4. The summed E-state index contributed by atoms with van der Waals surface area (Å²) in [6, 6.07) is 8.33. The van der Waals surface area contributed by atoms with Crippen LogP contribution in [-0.2, 0) is 14.3 Å². The normalized spacial score (nSPS) is 15.0. The standard InChI is InChI=1S/C18H6Br2N2O7/c19-7-1-3-11-9(5-7)13(23)15(25)21(11)17(27)29-18(28)22-12-4-2-8(20)6-10(12)14(24)16(22)26/h1-6H. The quantitative estimate of drug-likeness (QED) is 0.385. The number of ketones is 2. The van der Waals surface area contributed by atoms with Crippen molar-refractivity contribution in [2.75, 3.05) is 9.80 Å². The number of rotatable bonds is 0. The van der Waals surface area contributed by atoms with Crippen molar-refractivity contribution in [2.45, 2.75) is 0 Å². The summed E-state index contributed by atoms with van der Waals surface area (Å²) >= 11 is 6.31. The van der Waals surface area contributed by atoms with Gasteiger partial charge in [-0.15, -0.1) is 0 Å². The van der Waals surface area contributed by atoms with Gasteiger partial charge in [0.05, 0.1) is 22.5 Å². The number of fused-ring (bicyclic) bond motifs is 2. The van der Waals surface area contributed by atoms with E-state index in [0.717, 1.165) is 0 Å². The van der Waals surface area contributed by atoms with Crippen molar-refractivity contribution in [1.29, 1.82) is 0 Å². The van der Waals surface area contributed by atoms with Gasteiger partial charge in [0.2, 0.25) is 0 Å². The van der Waals surface area contributed by atoms with Gasteiger partial charge in [0.1, 0.15) is 0 Å². The van der Waals surface area contributed by atoms with Crippen LogP contribution in [0.15, 0.2) is 45.3 Å². The molecule has 0 atom stereocenters. The van der Waals surface area contributed by atoms with Crippen LogP contribution in [0, 0.1) is 0 Å². The molecule has 144 valence electrons. The third-order valence-electron chi connectivity index (χ3n) is 4.22. The second-order valence-electron chi connectivity index (χ2n) is 5.90.